The average molecular weight is 480 g/mol. The van der Waals surface area contributed by atoms with Crippen LogP contribution in [0.15, 0.2) is 71.7 Å². The second-order valence-corrected chi connectivity index (χ2v) is 8.25. The van der Waals surface area contributed by atoms with Crippen LogP contribution in [0.2, 0.25) is 5.02 Å². The van der Waals surface area contributed by atoms with E-state index < -0.39 is 17.4 Å². The van der Waals surface area contributed by atoms with Crippen molar-refractivity contribution in [3.8, 4) is 17.4 Å². The highest BCUT2D eigenvalue weighted by atomic mass is 35.5. The second kappa shape index (κ2) is 9.84. The lowest BCUT2D eigenvalue weighted by molar-refractivity contribution is -0.121. The highest BCUT2D eigenvalue weighted by molar-refractivity contribution is 6.30. The summed E-state index contributed by atoms with van der Waals surface area (Å²) in [5.74, 6) is -1.96. The summed E-state index contributed by atoms with van der Waals surface area (Å²) in [6, 6.07) is 16.2. The third-order valence-corrected chi connectivity index (χ3v) is 5.79. The average Bonchev–Trinajstić information content (AvgIpc) is 2.81. The van der Waals surface area contributed by atoms with Crippen molar-refractivity contribution in [1.82, 2.24) is 14.7 Å². The first kappa shape index (κ1) is 23.1. The molecule has 0 aliphatic heterocycles. The number of aromatic hydroxyl groups is 3. The largest absolute Gasteiger partial charge is 0.504 e. The van der Waals surface area contributed by atoms with E-state index in [1.807, 2.05) is 0 Å². The molecule has 0 bridgehead atoms. The molecule has 0 saturated heterocycles. The predicted molar refractivity (Wildman–Crippen MR) is 128 cm³/mol. The topological polar surface area (TPSA) is 124 Å². The molecule has 1 atom stereocenters. The summed E-state index contributed by atoms with van der Waals surface area (Å²) in [5.41, 5.74) is 1.22. The number of fused-ring (bicyclic) bond motifs is 1. The van der Waals surface area contributed by atoms with Gasteiger partial charge in [0.1, 0.15) is 5.65 Å². The molecule has 0 unspecified atom stereocenters. The van der Waals surface area contributed by atoms with E-state index in [0.29, 0.717) is 22.7 Å². The monoisotopic (exact) mass is 479 g/mol. The lowest BCUT2D eigenvalue weighted by Crippen LogP contribution is -2.30. The summed E-state index contributed by atoms with van der Waals surface area (Å²) >= 11 is 6.02. The molecule has 0 radical (unpaired) electrons. The number of halogens is 1. The van der Waals surface area contributed by atoms with Crippen molar-refractivity contribution >= 4 is 23.2 Å². The molecule has 8 nitrogen and oxygen atoms in total. The van der Waals surface area contributed by atoms with Crippen LogP contribution in [0.25, 0.3) is 5.65 Å². The van der Waals surface area contributed by atoms with Crippen LogP contribution in [0.1, 0.15) is 29.0 Å². The number of nitrogens with zero attached hydrogens (tertiary/aromatic N) is 2. The summed E-state index contributed by atoms with van der Waals surface area (Å²) in [6.07, 6.45) is 1.88. The molecule has 2 heterocycles. The molecular formula is C25H22ClN3O5. The Kier molecular flexibility index (Phi) is 6.70. The summed E-state index contributed by atoms with van der Waals surface area (Å²) in [4.78, 5) is 30.2. The van der Waals surface area contributed by atoms with Gasteiger partial charge in [-0.15, -0.1) is 0 Å². The molecule has 0 aliphatic rings. The van der Waals surface area contributed by atoms with Crippen LogP contribution >= 0.6 is 11.6 Å². The van der Waals surface area contributed by atoms with Gasteiger partial charge in [0.15, 0.2) is 11.5 Å². The van der Waals surface area contributed by atoms with Gasteiger partial charge in [-0.2, -0.15) is 4.98 Å². The van der Waals surface area contributed by atoms with E-state index in [0.717, 1.165) is 5.56 Å². The highest BCUT2D eigenvalue weighted by Gasteiger charge is 2.26. The first-order valence-electron chi connectivity index (χ1n) is 10.6. The van der Waals surface area contributed by atoms with Crippen molar-refractivity contribution in [3.63, 3.8) is 0 Å². The molecule has 9 heteroatoms. The van der Waals surface area contributed by atoms with Crippen LogP contribution in [0.5, 0.6) is 17.4 Å². The Morgan fingerprint density at radius 2 is 1.79 bits per heavy atom. The number of carbonyl (C=O) groups excluding carboxylic acids is 1. The molecule has 4 rings (SSSR count). The van der Waals surface area contributed by atoms with E-state index in [2.05, 4.69) is 10.3 Å². The zero-order valence-corrected chi connectivity index (χ0v) is 18.7. The van der Waals surface area contributed by atoms with Crippen molar-refractivity contribution in [2.45, 2.75) is 18.8 Å². The number of phenolic OH excluding ortho intramolecular Hbond substituents is 2. The molecule has 4 N–H and O–H groups in total. The number of carbonyl (C=O) groups is 1. The lowest BCUT2D eigenvalue weighted by Gasteiger charge is -2.18. The van der Waals surface area contributed by atoms with E-state index in [-0.39, 0.29) is 35.9 Å². The fraction of sp³-hybridized carbons (Fsp3) is 0.160. The lowest BCUT2D eigenvalue weighted by atomic mass is 9.89. The number of pyridine rings is 1. The number of hydrogen-bond acceptors (Lipinski definition) is 6. The minimum Gasteiger partial charge on any atom is -0.504 e. The molecular weight excluding hydrogens is 458 g/mol. The van der Waals surface area contributed by atoms with Gasteiger partial charge in [-0.05, 0) is 53.9 Å². The number of nitrogens with one attached hydrogen (secondary N) is 1. The normalized spacial score (nSPS) is 11.9. The third-order valence-electron chi connectivity index (χ3n) is 5.53. The van der Waals surface area contributed by atoms with Gasteiger partial charge in [-0.3, -0.25) is 14.0 Å². The quantitative estimate of drug-likeness (QED) is 0.301. The van der Waals surface area contributed by atoms with E-state index in [1.165, 1.54) is 16.5 Å². The minimum atomic E-state index is -0.757. The molecule has 34 heavy (non-hydrogen) atoms. The molecule has 0 fully saturated rings. The van der Waals surface area contributed by atoms with Crippen LogP contribution in [-0.2, 0) is 11.2 Å². The van der Waals surface area contributed by atoms with Gasteiger partial charge in [-0.1, -0.05) is 35.9 Å². The summed E-state index contributed by atoms with van der Waals surface area (Å²) in [6.45, 7) is 0.275. The van der Waals surface area contributed by atoms with Crippen molar-refractivity contribution in [1.29, 1.82) is 0 Å². The van der Waals surface area contributed by atoms with Gasteiger partial charge in [-0.25, -0.2) is 0 Å². The number of aromatic nitrogens is 2. The summed E-state index contributed by atoms with van der Waals surface area (Å²) < 4.78 is 1.33. The summed E-state index contributed by atoms with van der Waals surface area (Å²) in [7, 11) is 0. The molecule has 2 aromatic heterocycles. The zero-order valence-electron chi connectivity index (χ0n) is 18.0. The van der Waals surface area contributed by atoms with Gasteiger partial charge in [0.05, 0.1) is 5.56 Å². The van der Waals surface area contributed by atoms with Crippen LogP contribution in [0.4, 0.5) is 0 Å². The zero-order chi connectivity index (χ0) is 24.2. The van der Waals surface area contributed by atoms with Gasteiger partial charge in [0, 0.05) is 30.1 Å². The molecule has 0 saturated carbocycles. The maximum atomic E-state index is 13.2. The molecule has 4 aromatic rings. The number of rotatable bonds is 7. The first-order chi connectivity index (χ1) is 16.3. The molecule has 1 amide bonds. The fourth-order valence-corrected chi connectivity index (χ4v) is 3.93. The number of phenols is 2. The Hall–Kier alpha value is -4.04. The highest BCUT2D eigenvalue weighted by Crippen LogP contribution is 2.31. The number of hydrogen-bond donors (Lipinski definition) is 4. The minimum absolute atomic E-state index is 0.0182. The standard InChI is InChI=1S/C25H22ClN3O5/c26-17-7-5-16(6-8-17)18(23-24(33)28-21-3-1-2-12-29(21)25(23)34)14-22(32)27-11-10-15-4-9-19(30)20(31)13-15/h1-9,12-13,18,30-31,33H,10-11,14H2,(H,27,32)/t18-/m1/s1. The molecule has 0 aliphatic carbocycles. The van der Waals surface area contributed by atoms with Gasteiger partial charge >= 0.3 is 0 Å². The predicted octanol–water partition coefficient (Wildman–Crippen LogP) is 3.35. The Labute approximate surface area is 199 Å². The van der Waals surface area contributed by atoms with Crippen LogP contribution in [0.3, 0.4) is 0 Å². The Bertz CT molecular complexity index is 1400. The van der Waals surface area contributed by atoms with Crippen molar-refractivity contribution in [3.05, 3.63) is 98.9 Å². The fourth-order valence-electron chi connectivity index (χ4n) is 3.81. The van der Waals surface area contributed by atoms with Gasteiger partial charge < -0.3 is 20.6 Å². The van der Waals surface area contributed by atoms with Crippen LogP contribution in [-0.4, -0.2) is 37.2 Å². The Morgan fingerprint density at radius 1 is 1.03 bits per heavy atom. The van der Waals surface area contributed by atoms with Crippen molar-refractivity contribution in [2.75, 3.05) is 6.54 Å². The number of amides is 1. The smallest absolute Gasteiger partial charge is 0.265 e. The number of benzene rings is 2. The van der Waals surface area contributed by atoms with Crippen LogP contribution in [0, 0.1) is 0 Å². The van der Waals surface area contributed by atoms with E-state index in [1.54, 1.807) is 54.7 Å². The SMILES string of the molecule is O=C(C[C@H](c1ccc(Cl)cc1)c1c(O)nc2ccccn2c1=O)NCCc1ccc(O)c(O)c1. The van der Waals surface area contributed by atoms with Crippen molar-refractivity contribution in [2.24, 2.45) is 0 Å². The van der Waals surface area contributed by atoms with E-state index in [9.17, 15) is 24.9 Å². The van der Waals surface area contributed by atoms with E-state index >= 15 is 0 Å². The second-order valence-electron chi connectivity index (χ2n) is 7.81. The summed E-state index contributed by atoms with van der Waals surface area (Å²) in [5, 5.41) is 33.0. The van der Waals surface area contributed by atoms with Gasteiger partial charge in [0.2, 0.25) is 11.8 Å². The molecule has 174 valence electrons. The Morgan fingerprint density at radius 3 is 2.53 bits per heavy atom. The molecule has 0 spiro atoms. The van der Waals surface area contributed by atoms with Crippen LogP contribution < -0.4 is 10.9 Å². The van der Waals surface area contributed by atoms with Gasteiger partial charge in [0.25, 0.3) is 5.56 Å². The Balaban J connectivity index is 1.59. The molecule has 2 aromatic carbocycles. The third kappa shape index (κ3) is 4.97. The maximum Gasteiger partial charge on any atom is 0.265 e. The van der Waals surface area contributed by atoms with E-state index in [4.69, 9.17) is 11.6 Å². The van der Waals surface area contributed by atoms with Crippen molar-refractivity contribution < 1.29 is 20.1 Å². The first-order valence-corrected chi connectivity index (χ1v) is 10.9. The maximum absolute atomic E-state index is 13.2.